The molecule has 8 heteroatoms. The minimum absolute atomic E-state index is 0.0239. The van der Waals surface area contributed by atoms with Crippen LogP contribution in [0.4, 0.5) is 13.2 Å². The Balaban J connectivity index is 4.27. The first kappa shape index (κ1) is 16.7. The van der Waals surface area contributed by atoms with E-state index >= 15 is 0 Å². The molecule has 0 aliphatic carbocycles. The third-order valence-corrected chi connectivity index (χ3v) is 2.08. The number of carbonyl (C=O) groups excluding carboxylic acids is 2. The van der Waals surface area contributed by atoms with Gasteiger partial charge >= 0.3 is 6.18 Å². The monoisotopic (exact) mass is 269 g/mol. The molecule has 2 amide bonds. The summed E-state index contributed by atoms with van der Waals surface area (Å²) in [6.07, 6.45) is -4.47. The Labute approximate surface area is 103 Å². The van der Waals surface area contributed by atoms with Crippen molar-refractivity contribution in [3.8, 4) is 0 Å². The van der Waals surface area contributed by atoms with Crippen LogP contribution in [0.25, 0.3) is 0 Å². The van der Waals surface area contributed by atoms with Gasteiger partial charge in [0.05, 0.1) is 6.04 Å². The van der Waals surface area contributed by atoms with Gasteiger partial charge in [0, 0.05) is 12.0 Å². The number of amides is 2. The summed E-state index contributed by atoms with van der Waals surface area (Å²) in [7, 11) is 0. The third kappa shape index (κ3) is 7.88. The van der Waals surface area contributed by atoms with E-state index in [0.717, 1.165) is 0 Å². The average Bonchev–Trinajstić information content (AvgIpc) is 2.09. The molecule has 0 radical (unpaired) electrons. The molecule has 0 aromatic heterocycles. The van der Waals surface area contributed by atoms with E-state index in [1.54, 1.807) is 19.2 Å². The van der Waals surface area contributed by atoms with Crippen LogP contribution >= 0.6 is 0 Å². The maximum Gasteiger partial charge on any atom is 0.405 e. The first-order chi connectivity index (χ1) is 7.93. The summed E-state index contributed by atoms with van der Waals surface area (Å²) in [6.45, 7) is 3.29. The molecule has 18 heavy (non-hydrogen) atoms. The van der Waals surface area contributed by atoms with Crippen LogP contribution in [0.2, 0.25) is 0 Å². The number of nitrogens with two attached hydrogens (primary N) is 1. The van der Waals surface area contributed by atoms with E-state index in [2.05, 4.69) is 5.32 Å². The summed E-state index contributed by atoms with van der Waals surface area (Å²) >= 11 is 0. The van der Waals surface area contributed by atoms with Gasteiger partial charge in [0.1, 0.15) is 6.54 Å². The molecule has 0 aliphatic rings. The Hall–Kier alpha value is -1.31. The zero-order valence-corrected chi connectivity index (χ0v) is 10.5. The molecule has 0 rings (SSSR count). The lowest BCUT2D eigenvalue weighted by atomic mass is 9.99. The minimum Gasteiger partial charge on any atom is -0.370 e. The normalized spacial score (nSPS) is 14.1. The molecule has 106 valence electrons. The summed E-state index contributed by atoms with van der Waals surface area (Å²) in [4.78, 5) is 22.1. The van der Waals surface area contributed by atoms with Gasteiger partial charge in [0.2, 0.25) is 11.8 Å². The van der Waals surface area contributed by atoms with Gasteiger partial charge in [-0.3, -0.25) is 9.59 Å². The van der Waals surface area contributed by atoms with Gasteiger partial charge in [0.15, 0.2) is 0 Å². The number of carbonyl (C=O) groups is 2. The predicted molar refractivity (Wildman–Crippen MR) is 59.6 cm³/mol. The molecule has 1 unspecified atom stereocenters. The maximum atomic E-state index is 11.9. The lowest BCUT2D eigenvalue weighted by Gasteiger charge is -2.28. The van der Waals surface area contributed by atoms with Crippen LogP contribution in [0.1, 0.15) is 27.2 Å². The van der Waals surface area contributed by atoms with E-state index in [-0.39, 0.29) is 6.42 Å². The van der Waals surface area contributed by atoms with Gasteiger partial charge in [-0.15, -0.1) is 0 Å². The van der Waals surface area contributed by atoms with Gasteiger partial charge < -0.3 is 16.4 Å². The van der Waals surface area contributed by atoms with Crippen molar-refractivity contribution in [3.05, 3.63) is 0 Å². The Morgan fingerprint density at radius 3 is 2.17 bits per heavy atom. The Morgan fingerprint density at radius 1 is 1.28 bits per heavy atom. The van der Waals surface area contributed by atoms with E-state index in [1.165, 1.54) is 6.92 Å². The van der Waals surface area contributed by atoms with Crippen molar-refractivity contribution in [3.63, 3.8) is 0 Å². The number of rotatable bonds is 6. The van der Waals surface area contributed by atoms with E-state index in [9.17, 15) is 22.8 Å². The van der Waals surface area contributed by atoms with Crippen LogP contribution in [0.15, 0.2) is 0 Å². The van der Waals surface area contributed by atoms with E-state index < -0.39 is 36.1 Å². The molecule has 0 aromatic carbocycles. The molecule has 0 saturated heterocycles. The van der Waals surface area contributed by atoms with Crippen LogP contribution < -0.4 is 16.4 Å². The third-order valence-electron chi connectivity index (χ3n) is 2.08. The Morgan fingerprint density at radius 2 is 1.78 bits per heavy atom. The van der Waals surface area contributed by atoms with Gasteiger partial charge in [-0.1, -0.05) is 0 Å². The quantitative estimate of drug-likeness (QED) is 0.648. The standard InChI is InChI=1S/C10H18F3N3O2/c1-6(8(18)15-5-10(11,12)13)16-9(2,3)4-7(14)17/h6,16H,4-5H2,1-3H3,(H2,14,17)(H,15,18). The Kier molecular flexibility index (Phi) is 5.59. The molecule has 5 nitrogen and oxygen atoms in total. The number of hydrogen-bond acceptors (Lipinski definition) is 3. The van der Waals surface area contributed by atoms with Crippen LogP contribution in [0, 0.1) is 0 Å². The molecule has 0 heterocycles. The summed E-state index contributed by atoms with van der Waals surface area (Å²) in [6, 6.07) is -0.860. The highest BCUT2D eigenvalue weighted by atomic mass is 19.4. The van der Waals surface area contributed by atoms with Gasteiger partial charge in [-0.2, -0.15) is 13.2 Å². The smallest absolute Gasteiger partial charge is 0.370 e. The van der Waals surface area contributed by atoms with Crippen LogP contribution in [0.5, 0.6) is 0 Å². The van der Waals surface area contributed by atoms with Crippen molar-refractivity contribution >= 4 is 11.8 Å². The van der Waals surface area contributed by atoms with Crippen molar-refractivity contribution in [2.75, 3.05) is 6.54 Å². The van der Waals surface area contributed by atoms with Crippen molar-refractivity contribution in [2.45, 2.75) is 44.9 Å². The Bertz CT molecular complexity index is 316. The molecular weight excluding hydrogens is 251 g/mol. The molecule has 0 bridgehead atoms. The fraction of sp³-hybridized carbons (Fsp3) is 0.800. The highest BCUT2D eigenvalue weighted by Gasteiger charge is 2.30. The highest BCUT2D eigenvalue weighted by Crippen LogP contribution is 2.13. The molecule has 1 atom stereocenters. The molecule has 0 aliphatic heterocycles. The van der Waals surface area contributed by atoms with Crippen molar-refractivity contribution in [1.82, 2.24) is 10.6 Å². The molecular formula is C10H18F3N3O2. The zero-order chi connectivity index (χ0) is 14.6. The van der Waals surface area contributed by atoms with Crippen molar-refractivity contribution in [1.29, 1.82) is 0 Å². The summed E-state index contributed by atoms with van der Waals surface area (Å²) < 4.78 is 35.7. The lowest BCUT2D eigenvalue weighted by molar-refractivity contribution is -0.139. The molecule has 0 aromatic rings. The topological polar surface area (TPSA) is 84.2 Å². The number of hydrogen-bond donors (Lipinski definition) is 3. The van der Waals surface area contributed by atoms with E-state index in [4.69, 9.17) is 5.73 Å². The highest BCUT2D eigenvalue weighted by molar-refractivity contribution is 5.81. The second kappa shape index (κ2) is 6.03. The SMILES string of the molecule is CC(NC(C)(C)CC(N)=O)C(=O)NCC(F)(F)F. The van der Waals surface area contributed by atoms with Crippen molar-refractivity contribution < 1.29 is 22.8 Å². The van der Waals surface area contributed by atoms with Gasteiger partial charge in [0.25, 0.3) is 0 Å². The maximum absolute atomic E-state index is 11.9. The number of halogens is 3. The number of alkyl halides is 3. The minimum atomic E-state index is -4.45. The molecule has 0 fully saturated rings. The van der Waals surface area contributed by atoms with Crippen molar-refractivity contribution in [2.24, 2.45) is 5.73 Å². The lowest BCUT2D eigenvalue weighted by Crippen LogP contribution is -2.53. The summed E-state index contributed by atoms with van der Waals surface area (Å²) in [5, 5.41) is 4.50. The fourth-order valence-electron chi connectivity index (χ4n) is 1.48. The summed E-state index contributed by atoms with van der Waals surface area (Å²) in [5.74, 6) is -1.35. The largest absolute Gasteiger partial charge is 0.405 e. The van der Waals surface area contributed by atoms with E-state index in [1.807, 2.05) is 0 Å². The second-order valence-corrected chi connectivity index (χ2v) is 4.73. The van der Waals surface area contributed by atoms with Crippen LogP contribution in [0.3, 0.4) is 0 Å². The first-order valence-corrected chi connectivity index (χ1v) is 5.33. The number of nitrogens with one attached hydrogen (secondary N) is 2. The molecule has 4 N–H and O–H groups in total. The zero-order valence-electron chi connectivity index (χ0n) is 10.5. The first-order valence-electron chi connectivity index (χ1n) is 5.33. The predicted octanol–water partition coefficient (Wildman–Crippen LogP) is 0.297. The van der Waals surface area contributed by atoms with Gasteiger partial charge in [-0.25, -0.2) is 0 Å². The van der Waals surface area contributed by atoms with E-state index in [0.29, 0.717) is 0 Å². The average molecular weight is 269 g/mol. The second-order valence-electron chi connectivity index (χ2n) is 4.73. The molecule has 0 spiro atoms. The molecule has 0 saturated carbocycles. The van der Waals surface area contributed by atoms with Crippen LogP contribution in [-0.2, 0) is 9.59 Å². The number of primary amides is 1. The van der Waals surface area contributed by atoms with Gasteiger partial charge in [-0.05, 0) is 20.8 Å². The summed E-state index contributed by atoms with van der Waals surface area (Å²) in [5.41, 5.74) is 4.25. The fourth-order valence-corrected chi connectivity index (χ4v) is 1.48. The van der Waals surface area contributed by atoms with Crippen LogP contribution in [-0.4, -0.2) is 36.1 Å².